The van der Waals surface area contributed by atoms with E-state index in [9.17, 15) is 22.8 Å². The van der Waals surface area contributed by atoms with Gasteiger partial charge in [-0.1, -0.05) is 19.1 Å². The molecule has 2 aromatic rings. The van der Waals surface area contributed by atoms with Crippen LogP contribution < -0.4 is 16.2 Å². The summed E-state index contributed by atoms with van der Waals surface area (Å²) in [5.74, 6) is 0. The molecule has 0 saturated heterocycles. The third-order valence-corrected chi connectivity index (χ3v) is 3.81. The Labute approximate surface area is 184 Å². The second kappa shape index (κ2) is 15.0. The number of hydrazine groups is 1. The number of nitrogens with one attached hydrogen (secondary N) is 3. The molecule has 0 saturated carbocycles. The number of carbonyl (C=O) groups is 2. The summed E-state index contributed by atoms with van der Waals surface area (Å²) in [4.78, 5) is 19.4. The Morgan fingerprint density at radius 3 is 2.03 bits per heavy atom. The number of hydrogen-bond acceptors (Lipinski definition) is 6. The van der Waals surface area contributed by atoms with Crippen molar-refractivity contribution in [3.8, 4) is 12.1 Å². The molecule has 0 radical (unpaired) electrons. The molecule has 3 N–H and O–H groups in total. The molecule has 0 aliphatic heterocycles. The van der Waals surface area contributed by atoms with Gasteiger partial charge in [0, 0.05) is 24.8 Å². The second-order valence-electron chi connectivity index (χ2n) is 6.06. The van der Waals surface area contributed by atoms with Gasteiger partial charge in [0.2, 0.25) is 6.41 Å². The smallest absolute Gasteiger partial charge is 0.385 e. The molecule has 170 valence electrons. The first-order valence-corrected chi connectivity index (χ1v) is 9.36. The molecule has 0 aliphatic rings. The van der Waals surface area contributed by atoms with Gasteiger partial charge in [-0.2, -0.15) is 23.7 Å². The van der Waals surface area contributed by atoms with Crippen molar-refractivity contribution in [1.29, 1.82) is 10.5 Å². The van der Waals surface area contributed by atoms with E-state index in [1.807, 2.05) is 13.0 Å². The maximum Gasteiger partial charge on any atom is 0.418 e. The number of amides is 1. The van der Waals surface area contributed by atoms with Crippen molar-refractivity contribution < 1.29 is 22.8 Å². The number of carbonyl (C=O) groups excluding carboxylic acids is 2. The van der Waals surface area contributed by atoms with E-state index in [1.54, 1.807) is 37.4 Å². The van der Waals surface area contributed by atoms with Gasteiger partial charge < -0.3 is 5.32 Å². The van der Waals surface area contributed by atoms with Crippen molar-refractivity contribution in [2.45, 2.75) is 26.4 Å². The van der Waals surface area contributed by atoms with E-state index in [4.69, 9.17) is 10.5 Å². The van der Waals surface area contributed by atoms with Gasteiger partial charge in [-0.3, -0.25) is 15.0 Å². The van der Waals surface area contributed by atoms with Crippen LogP contribution in [0.4, 0.5) is 18.9 Å². The van der Waals surface area contributed by atoms with Crippen molar-refractivity contribution in [2.75, 3.05) is 18.9 Å². The van der Waals surface area contributed by atoms with E-state index in [2.05, 4.69) is 16.2 Å². The molecule has 7 nitrogen and oxygen atoms in total. The first-order chi connectivity index (χ1) is 15.2. The molecule has 1 amide bonds. The summed E-state index contributed by atoms with van der Waals surface area (Å²) in [5, 5.41) is 20.0. The molecule has 0 aromatic heterocycles. The summed E-state index contributed by atoms with van der Waals surface area (Å²) >= 11 is 0. The van der Waals surface area contributed by atoms with Crippen LogP contribution >= 0.6 is 0 Å². The maximum atomic E-state index is 12.8. The van der Waals surface area contributed by atoms with Crippen LogP contribution in [-0.2, 0) is 11.0 Å². The van der Waals surface area contributed by atoms with Gasteiger partial charge in [0.1, 0.15) is 6.29 Å². The molecule has 10 heteroatoms. The summed E-state index contributed by atoms with van der Waals surface area (Å²) in [5.41, 5.74) is 5.07. The number of nitriles is 2. The van der Waals surface area contributed by atoms with Crippen LogP contribution in [0.1, 0.15) is 46.0 Å². The molecular formula is C22H24F3N5O2. The molecule has 0 heterocycles. The third-order valence-electron chi connectivity index (χ3n) is 3.81. The Balaban J connectivity index is 0.000000538. The van der Waals surface area contributed by atoms with Crippen LogP contribution in [0.25, 0.3) is 0 Å². The summed E-state index contributed by atoms with van der Waals surface area (Å²) < 4.78 is 38.5. The minimum absolute atomic E-state index is 0.0741. The van der Waals surface area contributed by atoms with Gasteiger partial charge in [0.05, 0.1) is 28.8 Å². The minimum Gasteiger partial charge on any atom is -0.385 e. The molecule has 32 heavy (non-hydrogen) atoms. The molecule has 0 unspecified atom stereocenters. The number of anilines is 1. The number of hydrogen-bond donors (Lipinski definition) is 3. The minimum atomic E-state index is -4.50. The largest absolute Gasteiger partial charge is 0.418 e. The summed E-state index contributed by atoms with van der Waals surface area (Å²) in [7, 11) is 1.62. The van der Waals surface area contributed by atoms with Crippen LogP contribution in [0.15, 0.2) is 36.4 Å². The molecule has 2 rings (SSSR count). The number of halogens is 3. The van der Waals surface area contributed by atoms with E-state index in [0.29, 0.717) is 29.8 Å². The predicted molar refractivity (Wildman–Crippen MR) is 114 cm³/mol. The Morgan fingerprint density at radius 1 is 1.03 bits per heavy atom. The second-order valence-corrected chi connectivity index (χ2v) is 6.06. The van der Waals surface area contributed by atoms with Crippen LogP contribution in [-0.4, -0.2) is 26.3 Å². The Bertz CT molecular complexity index is 946. The van der Waals surface area contributed by atoms with E-state index in [1.165, 1.54) is 19.1 Å². The van der Waals surface area contributed by atoms with Crippen molar-refractivity contribution in [1.82, 2.24) is 10.9 Å². The molecule has 0 fully saturated rings. The molecule has 2 aromatic carbocycles. The van der Waals surface area contributed by atoms with Gasteiger partial charge in [-0.15, -0.1) is 0 Å². The highest BCUT2D eigenvalue weighted by Gasteiger charge is 2.36. The van der Waals surface area contributed by atoms with Crippen LogP contribution in [0, 0.1) is 29.6 Å². The molecule has 0 bridgehead atoms. The number of rotatable bonds is 6. The fourth-order valence-corrected chi connectivity index (χ4v) is 2.32. The third kappa shape index (κ3) is 9.74. The zero-order chi connectivity index (χ0) is 24.6. The average Bonchev–Trinajstić information content (AvgIpc) is 2.78. The normalized spacial score (nSPS) is 9.50. The molecule has 0 aliphatic carbocycles. The Hall–Kier alpha value is -3.89. The Kier molecular flexibility index (Phi) is 13.2. The monoisotopic (exact) mass is 447 g/mol. The van der Waals surface area contributed by atoms with E-state index in [-0.39, 0.29) is 11.1 Å². The highest BCUT2D eigenvalue weighted by Crippen LogP contribution is 2.37. The van der Waals surface area contributed by atoms with Crippen LogP contribution in [0.2, 0.25) is 0 Å². The number of alkyl halides is 3. The van der Waals surface area contributed by atoms with E-state index >= 15 is 0 Å². The standard InChI is InChI=1S/C12H13F3N2.C8H5NO.C2H6N2O/c1-3-6-17-10-5-4-9(7-16)11(8(10)2)12(13,14)15;9-5-7-1-3-8(6-10)4-2-7;1-3-4-2-5/h4-5,17H,3,6H2,1-2H3;1-4,6H;2-3H,1H3,(H,4,5). The number of nitrogens with zero attached hydrogens (tertiary/aromatic N) is 2. The predicted octanol–water partition coefficient (Wildman–Crippen LogP) is 3.94. The van der Waals surface area contributed by atoms with E-state index < -0.39 is 11.7 Å². The van der Waals surface area contributed by atoms with Gasteiger partial charge >= 0.3 is 6.18 Å². The van der Waals surface area contributed by atoms with Gasteiger partial charge in [0.15, 0.2) is 0 Å². The lowest BCUT2D eigenvalue weighted by Gasteiger charge is -2.16. The van der Waals surface area contributed by atoms with E-state index in [0.717, 1.165) is 12.7 Å². The average molecular weight is 447 g/mol. The topological polar surface area (TPSA) is 118 Å². The quantitative estimate of drug-likeness (QED) is 0.456. The summed E-state index contributed by atoms with van der Waals surface area (Å²) in [6.07, 6.45) is -2.36. The molecular weight excluding hydrogens is 423 g/mol. The lowest BCUT2D eigenvalue weighted by Crippen LogP contribution is -2.24. The maximum absolute atomic E-state index is 12.8. The zero-order valence-corrected chi connectivity index (χ0v) is 17.9. The lowest BCUT2D eigenvalue weighted by molar-refractivity contribution is -0.138. The van der Waals surface area contributed by atoms with Crippen LogP contribution in [0.5, 0.6) is 0 Å². The fraction of sp³-hybridized carbons (Fsp3) is 0.273. The number of benzene rings is 2. The van der Waals surface area contributed by atoms with Gasteiger partial charge in [-0.05, 0) is 43.2 Å². The lowest BCUT2D eigenvalue weighted by atomic mass is 10.00. The van der Waals surface area contributed by atoms with Crippen LogP contribution in [0.3, 0.4) is 0 Å². The molecule has 0 spiro atoms. The summed E-state index contributed by atoms with van der Waals surface area (Å²) in [6.45, 7) is 3.91. The summed E-state index contributed by atoms with van der Waals surface area (Å²) in [6, 6.07) is 12.7. The SMILES string of the molecule is CCCNc1ccc(C#N)c(C(F)(F)F)c1C.CNNC=O.N#Cc1ccc(C=O)cc1. The fourth-order valence-electron chi connectivity index (χ4n) is 2.32. The first-order valence-electron chi connectivity index (χ1n) is 9.36. The zero-order valence-electron chi connectivity index (χ0n) is 17.9. The highest BCUT2D eigenvalue weighted by atomic mass is 19.4. The van der Waals surface area contributed by atoms with Crippen molar-refractivity contribution in [3.63, 3.8) is 0 Å². The molecule has 0 atom stereocenters. The Morgan fingerprint density at radius 2 is 1.66 bits per heavy atom. The first kappa shape index (κ1) is 28.1. The van der Waals surface area contributed by atoms with Crippen molar-refractivity contribution in [2.24, 2.45) is 0 Å². The van der Waals surface area contributed by atoms with Gasteiger partial charge in [-0.25, -0.2) is 5.43 Å². The van der Waals surface area contributed by atoms with Gasteiger partial charge in [0.25, 0.3) is 0 Å². The number of aldehydes is 1. The van der Waals surface area contributed by atoms with Crippen molar-refractivity contribution in [3.05, 3.63) is 64.2 Å². The van der Waals surface area contributed by atoms with Crippen molar-refractivity contribution >= 4 is 18.4 Å². The highest BCUT2D eigenvalue weighted by molar-refractivity contribution is 5.74.